The molecule has 0 aliphatic rings. The Hall–Kier alpha value is 0.0300. The van der Waals surface area contributed by atoms with Crippen LogP contribution in [-0.4, -0.2) is 18.0 Å². The lowest BCUT2D eigenvalue weighted by molar-refractivity contribution is 0.154. The molecule has 6 nitrogen and oxygen atoms in total. The molecule has 0 aliphatic heterocycles. The maximum Gasteiger partial charge on any atom is 0.723 e. The van der Waals surface area contributed by atoms with Gasteiger partial charge in [0, 0.05) is 0 Å². The SMILES string of the molecule is NCC[O+]P(=O)(O)ON. The van der Waals surface area contributed by atoms with E-state index in [1.165, 1.54) is 0 Å². The quantitative estimate of drug-likeness (QED) is 0.272. The van der Waals surface area contributed by atoms with Crippen LogP contribution < -0.4 is 11.6 Å². The zero-order valence-electron chi connectivity index (χ0n) is 4.69. The molecule has 0 bridgehead atoms. The summed E-state index contributed by atoms with van der Waals surface area (Å²) in [6.07, 6.45) is 0. The van der Waals surface area contributed by atoms with Crippen LogP contribution >= 0.6 is 7.82 Å². The fourth-order valence-corrected chi connectivity index (χ4v) is 0.595. The van der Waals surface area contributed by atoms with Crippen LogP contribution in [0, 0.1) is 0 Å². The summed E-state index contributed by atoms with van der Waals surface area (Å²) in [6, 6.07) is 0. The molecule has 1 radical (unpaired) electrons. The number of phosphoric acid groups is 1. The van der Waals surface area contributed by atoms with Crippen LogP contribution in [-0.2, 0) is 13.7 Å². The van der Waals surface area contributed by atoms with E-state index in [9.17, 15) is 4.57 Å². The lowest BCUT2D eigenvalue weighted by Crippen LogP contribution is -2.09. The van der Waals surface area contributed by atoms with Gasteiger partial charge in [-0.15, -0.1) is 0 Å². The Labute approximate surface area is 52.3 Å². The van der Waals surface area contributed by atoms with E-state index in [-0.39, 0.29) is 13.2 Å². The van der Waals surface area contributed by atoms with E-state index in [1.807, 2.05) is 0 Å². The van der Waals surface area contributed by atoms with Crippen molar-refractivity contribution in [2.75, 3.05) is 13.2 Å². The predicted octanol–water partition coefficient (Wildman–Crippen LogP) is -1.05. The second-order valence-corrected chi connectivity index (χ2v) is 2.60. The van der Waals surface area contributed by atoms with Gasteiger partial charge in [0.25, 0.3) is 0 Å². The average Bonchev–Trinajstić information content (AvgIpc) is 1.84. The third-order valence-corrected chi connectivity index (χ3v) is 1.28. The molecule has 0 amide bonds. The van der Waals surface area contributed by atoms with Crippen LogP contribution in [0.5, 0.6) is 0 Å². The van der Waals surface area contributed by atoms with Crippen LogP contribution in [0.3, 0.4) is 0 Å². The van der Waals surface area contributed by atoms with Crippen molar-refractivity contribution >= 4 is 7.82 Å². The van der Waals surface area contributed by atoms with Gasteiger partial charge in [0.05, 0.1) is 6.54 Å². The van der Waals surface area contributed by atoms with Crippen molar-refractivity contribution in [3.63, 3.8) is 0 Å². The van der Waals surface area contributed by atoms with E-state index < -0.39 is 7.82 Å². The zero-order chi connectivity index (χ0) is 7.33. The minimum atomic E-state index is -3.99. The Kier molecular flexibility index (Phi) is 3.96. The Morgan fingerprint density at radius 1 is 1.78 bits per heavy atom. The minimum absolute atomic E-state index is 0.0506. The molecule has 0 aromatic carbocycles. The van der Waals surface area contributed by atoms with E-state index in [4.69, 9.17) is 10.6 Å². The van der Waals surface area contributed by atoms with E-state index >= 15 is 0 Å². The molecule has 1 atom stereocenters. The first-order valence-electron chi connectivity index (χ1n) is 2.18. The lowest BCUT2D eigenvalue weighted by Gasteiger charge is -1.90. The molecular formula is C2H9N2O4P+. The van der Waals surface area contributed by atoms with Crippen LogP contribution in [0.2, 0.25) is 0 Å². The highest BCUT2D eigenvalue weighted by Crippen LogP contribution is 2.40. The number of phosphoric ester groups is 1. The van der Waals surface area contributed by atoms with Gasteiger partial charge in [-0.25, -0.2) is 5.90 Å². The van der Waals surface area contributed by atoms with Crippen molar-refractivity contribution in [3.05, 3.63) is 0 Å². The van der Waals surface area contributed by atoms with Gasteiger partial charge in [0.15, 0.2) is 0 Å². The summed E-state index contributed by atoms with van der Waals surface area (Å²) >= 11 is 0. The van der Waals surface area contributed by atoms with Crippen molar-refractivity contribution in [1.29, 1.82) is 0 Å². The van der Waals surface area contributed by atoms with Crippen LogP contribution in [0.15, 0.2) is 0 Å². The highest BCUT2D eigenvalue weighted by molar-refractivity contribution is 7.47. The normalized spacial score (nSPS) is 17.2. The molecule has 1 unspecified atom stereocenters. The monoisotopic (exact) mass is 156 g/mol. The van der Waals surface area contributed by atoms with Crippen LogP contribution in [0.1, 0.15) is 0 Å². The average molecular weight is 156 g/mol. The third kappa shape index (κ3) is 4.53. The second-order valence-electron chi connectivity index (χ2n) is 1.20. The van der Waals surface area contributed by atoms with Crippen molar-refractivity contribution in [1.82, 2.24) is 0 Å². The summed E-state index contributed by atoms with van der Waals surface area (Å²) in [6.45, 7) is 0.0961. The largest absolute Gasteiger partial charge is 0.723 e. The molecule has 0 spiro atoms. The summed E-state index contributed by atoms with van der Waals surface area (Å²) in [5, 5.41) is 0. The highest BCUT2D eigenvalue weighted by Gasteiger charge is 2.35. The van der Waals surface area contributed by atoms with Crippen molar-refractivity contribution in [2.24, 2.45) is 11.6 Å². The molecule has 9 heavy (non-hydrogen) atoms. The molecular weight excluding hydrogens is 147 g/mol. The number of hydrogen-bond donors (Lipinski definition) is 3. The van der Waals surface area contributed by atoms with Gasteiger partial charge < -0.3 is 5.73 Å². The van der Waals surface area contributed by atoms with Crippen molar-refractivity contribution < 1.29 is 18.6 Å². The maximum atomic E-state index is 10.3. The molecule has 0 saturated carbocycles. The van der Waals surface area contributed by atoms with Gasteiger partial charge in [-0.3, -0.25) is 4.89 Å². The van der Waals surface area contributed by atoms with Crippen LogP contribution in [0.4, 0.5) is 0 Å². The van der Waals surface area contributed by atoms with Gasteiger partial charge in [-0.2, -0.15) is 9.19 Å². The standard InChI is InChI=1S/C2H9N2O4P/c3-1-2-7-9(5,6)8-4/h1-4H2,(H,5,6)/q+1. The summed E-state index contributed by atoms with van der Waals surface area (Å²) < 4.78 is 18.0. The summed E-state index contributed by atoms with van der Waals surface area (Å²) in [5.74, 6) is 4.37. The molecule has 0 fully saturated rings. The Morgan fingerprint density at radius 2 is 2.33 bits per heavy atom. The van der Waals surface area contributed by atoms with Gasteiger partial charge in [0.2, 0.25) is 6.61 Å². The minimum Gasteiger partial charge on any atom is -0.324 e. The Balaban J connectivity index is 3.46. The number of hydrogen-bond acceptors (Lipinski definition) is 5. The fourth-order valence-electron chi connectivity index (χ4n) is 0.198. The van der Waals surface area contributed by atoms with E-state index in [0.717, 1.165) is 0 Å². The van der Waals surface area contributed by atoms with E-state index in [1.54, 1.807) is 0 Å². The molecule has 0 aliphatic carbocycles. The summed E-state index contributed by atoms with van der Waals surface area (Å²) in [7, 11) is -3.99. The predicted molar refractivity (Wildman–Crippen MR) is 30.1 cm³/mol. The molecule has 5 N–H and O–H groups in total. The highest BCUT2D eigenvalue weighted by atomic mass is 31.2. The van der Waals surface area contributed by atoms with Crippen molar-refractivity contribution in [3.8, 4) is 0 Å². The smallest absolute Gasteiger partial charge is 0.324 e. The maximum absolute atomic E-state index is 10.3. The molecule has 0 rings (SSSR count). The zero-order valence-corrected chi connectivity index (χ0v) is 5.58. The molecule has 0 saturated heterocycles. The molecule has 7 heteroatoms. The fraction of sp³-hybridized carbons (Fsp3) is 1.00. The molecule has 0 heterocycles. The first kappa shape index (κ1) is 9.03. The van der Waals surface area contributed by atoms with Crippen molar-refractivity contribution in [2.45, 2.75) is 0 Å². The summed E-state index contributed by atoms with van der Waals surface area (Å²) in [4.78, 5) is 8.38. The number of nitrogens with two attached hydrogens (primary N) is 2. The van der Waals surface area contributed by atoms with E-state index in [0.29, 0.717) is 0 Å². The number of rotatable bonds is 4. The molecule has 0 aromatic heterocycles. The van der Waals surface area contributed by atoms with Gasteiger partial charge >= 0.3 is 7.82 Å². The first-order chi connectivity index (χ1) is 4.12. The third-order valence-electron chi connectivity index (χ3n) is 0.505. The van der Waals surface area contributed by atoms with Crippen LogP contribution in [0.25, 0.3) is 0 Å². The van der Waals surface area contributed by atoms with Gasteiger partial charge in [0.1, 0.15) is 0 Å². The summed E-state index contributed by atoms with van der Waals surface area (Å²) in [5.41, 5.74) is 4.94. The Morgan fingerprint density at radius 3 is 2.67 bits per heavy atom. The lowest BCUT2D eigenvalue weighted by atomic mass is 10.8. The second kappa shape index (κ2) is 3.94. The Bertz CT molecular complexity index is 117. The topological polar surface area (TPSA) is 110 Å². The van der Waals surface area contributed by atoms with Gasteiger partial charge in [-0.05, 0) is 0 Å². The molecule has 55 valence electrons. The first-order valence-corrected chi connectivity index (χ1v) is 3.68. The van der Waals surface area contributed by atoms with E-state index in [2.05, 4.69) is 15.0 Å². The van der Waals surface area contributed by atoms with Gasteiger partial charge in [-0.1, -0.05) is 4.52 Å². The molecule has 0 aromatic rings.